The largest absolute Gasteiger partial charge is 0.477 e. The number of aromatic carboxylic acids is 1. The third kappa shape index (κ3) is 2.45. The Morgan fingerprint density at radius 3 is 2.90 bits per heavy atom. The monoisotopic (exact) mass is 305 g/mol. The topological polar surface area (TPSA) is 59.4 Å². The highest BCUT2D eigenvalue weighted by atomic mass is 35.5. The summed E-state index contributed by atoms with van der Waals surface area (Å²) in [6.07, 6.45) is 3.18. The van der Waals surface area contributed by atoms with E-state index in [0.717, 1.165) is 10.1 Å². The summed E-state index contributed by atoms with van der Waals surface area (Å²) >= 11 is 7.07. The van der Waals surface area contributed by atoms with Gasteiger partial charge in [-0.15, -0.1) is 11.3 Å². The molecule has 1 aromatic carbocycles. The summed E-state index contributed by atoms with van der Waals surface area (Å²) in [7, 11) is 0. The summed E-state index contributed by atoms with van der Waals surface area (Å²) < 4.78 is 6.50. The van der Waals surface area contributed by atoms with Crippen LogP contribution in [0.4, 0.5) is 0 Å². The minimum absolute atomic E-state index is 0.254. The number of thiophene rings is 1. The second kappa shape index (κ2) is 5.11. The standard InChI is InChI=1S/C14H8ClNO3S/c15-8-2-1-3-9(4-8)19-11-6-16-7-13-10(11)5-12(20-13)14(17)18/h1-7H,(H,17,18). The molecule has 3 rings (SSSR count). The fourth-order valence-corrected chi connectivity index (χ4v) is 2.84. The fraction of sp³-hybridized carbons (Fsp3) is 0. The summed E-state index contributed by atoms with van der Waals surface area (Å²) in [5.74, 6) is 0.128. The number of halogens is 1. The van der Waals surface area contributed by atoms with Crippen molar-refractivity contribution in [2.24, 2.45) is 0 Å². The molecule has 0 spiro atoms. The van der Waals surface area contributed by atoms with Gasteiger partial charge in [0.2, 0.25) is 0 Å². The van der Waals surface area contributed by atoms with E-state index < -0.39 is 5.97 Å². The highest BCUT2D eigenvalue weighted by Crippen LogP contribution is 2.34. The van der Waals surface area contributed by atoms with Crippen molar-refractivity contribution in [3.8, 4) is 11.5 Å². The van der Waals surface area contributed by atoms with Crippen LogP contribution in [0.1, 0.15) is 9.67 Å². The number of hydrogen-bond acceptors (Lipinski definition) is 4. The fourth-order valence-electron chi connectivity index (χ4n) is 1.78. The molecule has 0 aliphatic heterocycles. The van der Waals surface area contributed by atoms with Crippen LogP contribution in [-0.2, 0) is 0 Å². The van der Waals surface area contributed by atoms with Gasteiger partial charge >= 0.3 is 5.97 Å². The first-order valence-electron chi connectivity index (χ1n) is 5.68. The SMILES string of the molecule is O=C(O)c1cc2c(Oc3cccc(Cl)c3)cncc2s1. The van der Waals surface area contributed by atoms with E-state index in [-0.39, 0.29) is 4.88 Å². The number of carboxylic acid groups (broad SMARTS) is 1. The third-order valence-electron chi connectivity index (χ3n) is 2.64. The molecule has 0 aliphatic rings. The quantitative estimate of drug-likeness (QED) is 0.777. The lowest BCUT2D eigenvalue weighted by atomic mass is 10.3. The van der Waals surface area contributed by atoms with Crippen molar-refractivity contribution < 1.29 is 14.6 Å². The molecule has 0 radical (unpaired) electrons. The number of carbonyl (C=O) groups is 1. The molecule has 4 nitrogen and oxygen atoms in total. The number of ether oxygens (including phenoxy) is 1. The summed E-state index contributed by atoms with van der Waals surface area (Å²) in [4.78, 5) is 15.3. The Kier molecular flexibility index (Phi) is 3.30. The molecule has 2 heterocycles. The number of carboxylic acids is 1. The molecule has 0 aliphatic carbocycles. The maximum absolute atomic E-state index is 11.0. The van der Waals surface area contributed by atoms with Gasteiger partial charge < -0.3 is 9.84 Å². The second-order valence-electron chi connectivity index (χ2n) is 4.02. The Morgan fingerprint density at radius 1 is 1.30 bits per heavy atom. The molecule has 3 aromatic rings. The molecule has 0 saturated carbocycles. The van der Waals surface area contributed by atoms with E-state index in [1.807, 2.05) is 0 Å². The normalized spacial score (nSPS) is 10.7. The first-order valence-corrected chi connectivity index (χ1v) is 6.87. The Bertz CT molecular complexity index is 800. The van der Waals surface area contributed by atoms with Crippen molar-refractivity contribution in [3.05, 3.63) is 52.6 Å². The molecule has 0 fully saturated rings. The van der Waals surface area contributed by atoms with Crippen molar-refractivity contribution in [2.75, 3.05) is 0 Å². The van der Waals surface area contributed by atoms with Gasteiger partial charge in [0, 0.05) is 16.6 Å². The van der Waals surface area contributed by atoms with Gasteiger partial charge in [0.25, 0.3) is 0 Å². The zero-order chi connectivity index (χ0) is 14.1. The average molecular weight is 306 g/mol. The van der Waals surface area contributed by atoms with Crippen molar-refractivity contribution >= 4 is 39.0 Å². The van der Waals surface area contributed by atoms with Crippen LogP contribution < -0.4 is 4.74 Å². The molecule has 100 valence electrons. The lowest BCUT2D eigenvalue weighted by Crippen LogP contribution is -1.89. The molecule has 6 heteroatoms. The third-order valence-corrected chi connectivity index (χ3v) is 3.94. The predicted octanol–water partition coefficient (Wildman–Crippen LogP) is 4.44. The number of fused-ring (bicyclic) bond motifs is 1. The zero-order valence-electron chi connectivity index (χ0n) is 10.0. The molecule has 0 atom stereocenters. The van der Waals surface area contributed by atoms with Crippen LogP contribution in [0.5, 0.6) is 11.5 Å². The maximum Gasteiger partial charge on any atom is 0.345 e. The van der Waals surface area contributed by atoms with Crippen LogP contribution in [-0.4, -0.2) is 16.1 Å². The van der Waals surface area contributed by atoms with Crippen LogP contribution in [0.25, 0.3) is 10.1 Å². The van der Waals surface area contributed by atoms with Gasteiger partial charge in [0.05, 0.1) is 10.9 Å². The van der Waals surface area contributed by atoms with Crippen molar-refractivity contribution in [2.45, 2.75) is 0 Å². The van der Waals surface area contributed by atoms with E-state index in [0.29, 0.717) is 16.5 Å². The van der Waals surface area contributed by atoms with Gasteiger partial charge in [-0.25, -0.2) is 4.79 Å². The first-order chi connectivity index (χ1) is 9.63. The lowest BCUT2D eigenvalue weighted by Gasteiger charge is -2.06. The summed E-state index contributed by atoms with van der Waals surface area (Å²) in [6.45, 7) is 0. The Morgan fingerprint density at radius 2 is 2.15 bits per heavy atom. The van der Waals surface area contributed by atoms with Crippen LogP contribution in [0.15, 0.2) is 42.7 Å². The Balaban J connectivity index is 2.05. The van der Waals surface area contributed by atoms with Crippen molar-refractivity contribution in [1.82, 2.24) is 4.98 Å². The van der Waals surface area contributed by atoms with Crippen LogP contribution in [0, 0.1) is 0 Å². The van der Waals surface area contributed by atoms with Crippen molar-refractivity contribution in [1.29, 1.82) is 0 Å². The van der Waals surface area contributed by atoms with E-state index in [2.05, 4.69) is 4.98 Å². The van der Waals surface area contributed by atoms with E-state index in [1.54, 1.807) is 42.7 Å². The summed E-state index contributed by atoms with van der Waals surface area (Å²) in [5, 5.41) is 10.3. The highest BCUT2D eigenvalue weighted by molar-refractivity contribution is 7.20. The van der Waals surface area contributed by atoms with Crippen LogP contribution in [0.2, 0.25) is 5.02 Å². The molecule has 0 bridgehead atoms. The predicted molar refractivity (Wildman–Crippen MR) is 78.1 cm³/mol. The molecule has 1 N–H and O–H groups in total. The van der Waals surface area contributed by atoms with Crippen molar-refractivity contribution in [3.63, 3.8) is 0 Å². The zero-order valence-corrected chi connectivity index (χ0v) is 11.6. The minimum Gasteiger partial charge on any atom is -0.477 e. The highest BCUT2D eigenvalue weighted by Gasteiger charge is 2.12. The molecule has 0 amide bonds. The molecule has 0 saturated heterocycles. The van der Waals surface area contributed by atoms with E-state index in [9.17, 15) is 4.79 Å². The second-order valence-corrected chi connectivity index (χ2v) is 5.54. The molecular formula is C14H8ClNO3S. The Labute approximate surface area is 123 Å². The first kappa shape index (κ1) is 12.9. The molecule has 0 unspecified atom stereocenters. The maximum atomic E-state index is 11.0. The number of aromatic nitrogens is 1. The molecule has 2 aromatic heterocycles. The van der Waals surface area contributed by atoms with Gasteiger partial charge in [-0.3, -0.25) is 4.98 Å². The van der Waals surface area contributed by atoms with Gasteiger partial charge in [0.15, 0.2) is 5.75 Å². The minimum atomic E-state index is -0.958. The lowest BCUT2D eigenvalue weighted by molar-refractivity contribution is 0.0702. The number of benzene rings is 1. The molecule has 20 heavy (non-hydrogen) atoms. The number of nitrogens with zero attached hydrogens (tertiary/aromatic N) is 1. The number of rotatable bonds is 3. The summed E-state index contributed by atoms with van der Waals surface area (Å²) in [5.41, 5.74) is 0. The number of hydrogen-bond donors (Lipinski definition) is 1. The van der Waals surface area contributed by atoms with Crippen LogP contribution in [0.3, 0.4) is 0 Å². The van der Waals surface area contributed by atoms with Crippen LogP contribution >= 0.6 is 22.9 Å². The Hall–Kier alpha value is -2.11. The molecular weight excluding hydrogens is 298 g/mol. The average Bonchev–Trinajstić information content (AvgIpc) is 2.84. The van der Waals surface area contributed by atoms with E-state index in [1.165, 1.54) is 11.3 Å². The van der Waals surface area contributed by atoms with Gasteiger partial charge in [0.1, 0.15) is 10.6 Å². The van der Waals surface area contributed by atoms with Gasteiger partial charge in [-0.05, 0) is 24.3 Å². The van der Waals surface area contributed by atoms with E-state index >= 15 is 0 Å². The number of pyridine rings is 1. The van der Waals surface area contributed by atoms with Gasteiger partial charge in [-0.2, -0.15) is 0 Å². The smallest absolute Gasteiger partial charge is 0.345 e. The van der Waals surface area contributed by atoms with Gasteiger partial charge in [-0.1, -0.05) is 17.7 Å². The summed E-state index contributed by atoms with van der Waals surface area (Å²) in [6, 6.07) is 8.58. The van der Waals surface area contributed by atoms with E-state index in [4.69, 9.17) is 21.4 Å².